The lowest BCUT2D eigenvalue weighted by atomic mass is 9.87. The first kappa shape index (κ1) is 29.4. The van der Waals surface area contributed by atoms with Gasteiger partial charge in [-0.1, -0.05) is 112 Å². The lowest BCUT2D eigenvalue weighted by molar-refractivity contribution is 0.316. The molecule has 0 bridgehead atoms. The van der Waals surface area contributed by atoms with Crippen LogP contribution in [-0.4, -0.2) is 26.3 Å². The van der Waals surface area contributed by atoms with Gasteiger partial charge >= 0.3 is 7.48 Å². The Labute approximate surface area is 181 Å². The van der Waals surface area contributed by atoms with Crippen LogP contribution in [0.5, 0.6) is 0 Å². The number of allylic oxidation sites excluding steroid dienone is 8. The zero-order valence-corrected chi connectivity index (χ0v) is 19.5. The molecule has 29 heavy (non-hydrogen) atoms. The van der Waals surface area contributed by atoms with Crippen LogP contribution in [-0.2, 0) is 4.65 Å². The van der Waals surface area contributed by atoms with Crippen LogP contribution in [0.15, 0.2) is 72.9 Å². The predicted molar refractivity (Wildman–Crippen MR) is 132 cm³/mol. The topological polar surface area (TPSA) is 29.5 Å². The molecule has 1 aromatic carbocycles. The van der Waals surface area contributed by atoms with Crippen molar-refractivity contribution in [2.75, 3.05) is 13.7 Å². The van der Waals surface area contributed by atoms with E-state index in [4.69, 9.17) is 9.76 Å². The SMILES string of the molecule is CC.CC/C=C\CC/C=C/C=C\C=C\C(C)CCO[B]c1ccc(C)cc1.CO. The fraction of sp³-hybridized carbons (Fsp3) is 0.462. The second-order valence-electron chi connectivity index (χ2n) is 6.32. The Balaban J connectivity index is 0. The van der Waals surface area contributed by atoms with Crippen LogP contribution in [0.3, 0.4) is 0 Å². The van der Waals surface area contributed by atoms with Crippen LogP contribution in [0.4, 0.5) is 0 Å². The molecule has 0 aliphatic rings. The van der Waals surface area contributed by atoms with Crippen LogP contribution < -0.4 is 5.46 Å². The molecule has 1 unspecified atom stereocenters. The van der Waals surface area contributed by atoms with Crippen molar-refractivity contribution in [3.8, 4) is 0 Å². The normalized spacial score (nSPS) is 12.1. The minimum absolute atomic E-state index is 0.513. The molecule has 1 aromatic rings. The van der Waals surface area contributed by atoms with Crippen molar-refractivity contribution in [3.05, 3.63) is 78.4 Å². The summed E-state index contributed by atoms with van der Waals surface area (Å²) in [5.74, 6) is 0.513. The highest BCUT2D eigenvalue weighted by Gasteiger charge is 1.99. The molecular weight excluding hydrogens is 355 g/mol. The molecule has 0 saturated heterocycles. The fourth-order valence-electron chi connectivity index (χ4n) is 2.18. The van der Waals surface area contributed by atoms with Crippen LogP contribution in [0.2, 0.25) is 0 Å². The molecule has 1 atom stereocenters. The number of aliphatic hydroxyl groups excluding tert-OH is 1. The van der Waals surface area contributed by atoms with Crippen LogP contribution >= 0.6 is 0 Å². The van der Waals surface area contributed by atoms with E-state index in [-0.39, 0.29) is 0 Å². The van der Waals surface area contributed by atoms with Gasteiger partial charge in [-0.2, -0.15) is 0 Å². The number of rotatable bonds is 12. The van der Waals surface area contributed by atoms with Gasteiger partial charge in [-0.15, -0.1) is 0 Å². The zero-order chi connectivity index (χ0) is 22.2. The molecule has 0 amide bonds. The Morgan fingerprint density at radius 2 is 1.55 bits per heavy atom. The average Bonchev–Trinajstić information content (AvgIpc) is 2.76. The quantitative estimate of drug-likeness (QED) is 0.193. The van der Waals surface area contributed by atoms with E-state index in [2.05, 4.69) is 93.6 Å². The van der Waals surface area contributed by atoms with Gasteiger partial charge in [-0.05, 0) is 38.5 Å². The van der Waals surface area contributed by atoms with Crippen molar-refractivity contribution in [2.45, 2.75) is 60.3 Å². The number of benzene rings is 1. The van der Waals surface area contributed by atoms with Crippen LogP contribution in [0, 0.1) is 12.8 Å². The highest BCUT2D eigenvalue weighted by molar-refractivity contribution is 6.46. The smallest absolute Gasteiger partial charge is 0.329 e. The van der Waals surface area contributed by atoms with E-state index in [1.807, 2.05) is 21.3 Å². The van der Waals surface area contributed by atoms with E-state index in [1.54, 1.807) is 0 Å². The molecule has 1 radical (unpaired) electrons. The summed E-state index contributed by atoms with van der Waals surface area (Å²) in [6.07, 6.45) is 21.7. The Bertz CT molecular complexity index is 557. The molecule has 1 N–H and O–H groups in total. The van der Waals surface area contributed by atoms with Crippen molar-refractivity contribution in [2.24, 2.45) is 5.92 Å². The van der Waals surface area contributed by atoms with E-state index in [0.717, 1.165) is 44.9 Å². The average molecular weight is 397 g/mol. The van der Waals surface area contributed by atoms with E-state index in [9.17, 15) is 0 Å². The third-order valence-electron chi connectivity index (χ3n) is 3.80. The zero-order valence-electron chi connectivity index (χ0n) is 19.5. The molecule has 0 spiro atoms. The van der Waals surface area contributed by atoms with E-state index < -0.39 is 0 Å². The first-order chi connectivity index (χ1) is 14.2. The largest absolute Gasteiger partial charge is 0.434 e. The molecule has 0 fully saturated rings. The third kappa shape index (κ3) is 20.7. The molecule has 0 aliphatic heterocycles. The minimum atomic E-state index is 0.513. The number of unbranched alkanes of at least 4 members (excludes halogenated alkanes) is 1. The molecule has 0 aliphatic carbocycles. The van der Waals surface area contributed by atoms with Gasteiger partial charge < -0.3 is 9.76 Å². The number of hydrogen-bond donors (Lipinski definition) is 1. The first-order valence-corrected chi connectivity index (χ1v) is 10.8. The summed E-state index contributed by atoms with van der Waals surface area (Å²) in [6.45, 7) is 11.2. The van der Waals surface area contributed by atoms with Crippen molar-refractivity contribution in [1.29, 1.82) is 0 Å². The Morgan fingerprint density at radius 1 is 0.931 bits per heavy atom. The Hall–Kier alpha value is -1.84. The molecule has 1 rings (SSSR count). The number of hydrogen-bond acceptors (Lipinski definition) is 2. The highest BCUT2D eigenvalue weighted by atomic mass is 16.4. The van der Waals surface area contributed by atoms with E-state index in [1.165, 1.54) is 5.56 Å². The van der Waals surface area contributed by atoms with Gasteiger partial charge in [0.25, 0.3) is 0 Å². The maximum Gasteiger partial charge on any atom is 0.329 e. The van der Waals surface area contributed by atoms with Crippen molar-refractivity contribution >= 4 is 12.9 Å². The van der Waals surface area contributed by atoms with Crippen molar-refractivity contribution in [3.63, 3.8) is 0 Å². The van der Waals surface area contributed by atoms with Crippen molar-refractivity contribution < 1.29 is 9.76 Å². The molecule has 3 heteroatoms. The summed E-state index contributed by atoms with van der Waals surface area (Å²) < 4.78 is 5.64. The summed E-state index contributed by atoms with van der Waals surface area (Å²) >= 11 is 0. The summed E-state index contributed by atoms with van der Waals surface area (Å²) in [4.78, 5) is 0. The summed E-state index contributed by atoms with van der Waals surface area (Å²) in [6, 6.07) is 8.36. The lowest BCUT2D eigenvalue weighted by Gasteiger charge is -2.06. The minimum Gasteiger partial charge on any atom is -0.434 e. The highest BCUT2D eigenvalue weighted by Crippen LogP contribution is 2.04. The van der Waals surface area contributed by atoms with Crippen LogP contribution in [0.25, 0.3) is 0 Å². The first-order valence-electron chi connectivity index (χ1n) is 10.8. The predicted octanol–water partition coefficient (Wildman–Crippen LogP) is 6.33. The van der Waals surface area contributed by atoms with E-state index in [0.29, 0.717) is 5.92 Å². The van der Waals surface area contributed by atoms with Gasteiger partial charge in [-0.25, -0.2) is 0 Å². The molecule has 0 saturated carbocycles. The number of aryl methyl sites for hydroxylation is 1. The van der Waals surface area contributed by atoms with Gasteiger partial charge in [0.05, 0.1) is 0 Å². The summed E-state index contributed by atoms with van der Waals surface area (Å²) in [5, 5.41) is 7.00. The number of aliphatic hydroxyl groups is 1. The van der Waals surface area contributed by atoms with Crippen molar-refractivity contribution in [1.82, 2.24) is 0 Å². The molecular formula is C26H42BO2. The van der Waals surface area contributed by atoms with Gasteiger partial charge in [0, 0.05) is 13.7 Å². The standard InChI is InChI=1S/C23H32BO.C2H6.CH4O/c1-4-5-6-7-8-9-10-11-12-13-14-21(2)19-20-25-24-23-17-15-22(3)16-18-23;2*1-2/h5-6,9-18,21H,4,7-8,19-20H2,1-3H3;1-2H3;2H,1H3/b6-5-,10-9+,12-11-,14-13+;;. The molecule has 0 aromatic heterocycles. The second-order valence-corrected chi connectivity index (χ2v) is 6.32. The van der Waals surface area contributed by atoms with Gasteiger partial charge in [0.15, 0.2) is 0 Å². The maximum atomic E-state index is 7.00. The summed E-state index contributed by atoms with van der Waals surface area (Å²) in [7, 11) is 2.84. The summed E-state index contributed by atoms with van der Waals surface area (Å²) in [5.41, 5.74) is 2.39. The van der Waals surface area contributed by atoms with Gasteiger partial charge in [0.2, 0.25) is 0 Å². The Kier molecular flexibility index (Phi) is 24.5. The molecule has 2 nitrogen and oxygen atoms in total. The monoisotopic (exact) mass is 397 g/mol. The maximum absolute atomic E-state index is 7.00. The Morgan fingerprint density at radius 3 is 2.21 bits per heavy atom. The third-order valence-corrected chi connectivity index (χ3v) is 3.80. The van der Waals surface area contributed by atoms with Gasteiger partial charge in [0.1, 0.15) is 0 Å². The lowest BCUT2D eigenvalue weighted by Crippen LogP contribution is -2.18. The molecule has 0 heterocycles. The van der Waals surface area contributed by atoms with Crippen LogP contribution in [0.1, 0.15) is 58.9 Å². The molecule has 161 valence electrons. The fourth-order valence-corrected chi connectivity index (χ4v) is 2.18. The van der Waals surface area contributed by atoms with Gasteiger partial charge in [-0.3, -0.25) is 0 Å². The second kappa shape index (κ2) is 24.2. The van der Waals surface area contributed by atoms with E-state index >= 15 is 0 Å².